The largest absolute Gasteiger partial charge is 0.396 e. The second kappa shape index (κ2) is 7.95. The molecule has 1 atom stereocenters. The van der Waals surface area contributed by atoms with Gasteiger partial charge in [-0.25, -0.2) is 0 Å². The van der Waals surface area contributed by atoms with E-state index < -0.39 is 5.60 Å². The highest BCUT2D eigenvalue weighted by molar-refractivity contribution is 5.94. The molecule has 118 valence electrons. The molecule has 1 aromatic heterocycles. The third-order valence-electron chi connectivity index (χ3n) is 3.64. The predicted octanol–water partition coefficient (Wildman–Crippen LogP) is 0.512. The van der Waals surface area contributed by atoms with Crippen molar-refractivity contribution in [1.29, 1.82) is 0 Å². The lowest BCUT2D eigenvalue weighted by Gasteiger charge is -2.26. The Balaban J connectivity index is 2.68. The SMILES string of the molecule is CCn1ccc(C(=O)NCC(O)(CC)CCCO)cc1=O. The average molecular weight is 296 g/mol. The van der Waals surface area contributed by atoms with E-state index >= 15 is 0 Å². The van der Waals surface area contributed by atoms with Gasteiger partial charge in [-0.15, -0.1) is 0 Å². The maximum absolute atomic E-state index is 12.0. The van der Waals surface area contributed by atoms with E-state index in [1.807, 2.05) is 13.8 Å². The van der Waals surface area contributed by atoms with Crippen LogP contribution in [0.1, 0.15) is 43.5 Å². The van der Waals surface area contributed by atoms with E-state index in [1.165, 1.54) is 10.6 Å². The summed E-state index contributed by atoms with van der Waals surface area (Å²) < 4.78 is 1.50. The van der Waals surface area contributed by atoms with Crippen molar-refractivity contribution in [2.24, 2.45) is 0 Å². The molecule has 0 fully saturated rings. The van der Waals surface area contributed by atoms with Crippen LogP contribution in [-0.4, -0.2) is 39.4 Å². The van der Waals surface area contributed by atoms with Crippen LogP contribution in [0.5, 0.6) is 0 Å². The van der Waals surface area contributed by atoms with Crippen LogP contribution in [0, 0.1) is 0 Å². The third-order valence-corrected chi connectivity index (χ3v) is 3.64. The number of aryl methyl sites for hydroxylation is 1. The maximum Gasteiger partial charge on any atom is 0.251 e. The number of carbonyl (C=O) groups excluding carboxylic acids is 1. The lowest BCUT2D eigenvalue weighted by atomic mass is 9.94. The quantitative estimate of drug-likeness (QED) is 0.652. The van der Waals surface area contributed by atoms with E-state index in [9.17, 15) is 14.7 Å². The van der Waals surface area contributed by atoms with E-state index in [1.54, 1.807) is 12.3 Å². The molecule has 1 rings (SSSR count). The molecule has 0 aliphatic heterocycles. The average Bonchev–Trinajstić information content (AvgIpc) is 2.50. The van der Waals surface area contributed by atoms with Gasteiger partial charge >= 0.3 is 0 Å². The Morgan fingerprint density at radius 2 is 2.14 bits per heavy atom. The van der Waals surface area contributed by atoms with E-state index in [0.29, 0.717) is 25.8 Å². The summed E-state index contributed by atoms with van der Waals surface area (Å²) in [6, 6.07) is 2.87. The number of nitrogens with one attached hydrogen (secondary N) is 1. The Morgan fingerprint density at radius 1 is 1.43 bits per heavy atom. The topological polar surface area (TPSA) is 91.6 Å². The predicted molar refractivity (Wildman–Crippen MR) is 80.3 cm³/mol. The van der Waals surface area contributed by atoms with Crippen LogP contribution < -0.4 is 10.9 Å². The summed E-state index contributed by atoms with van der Waals surface area (Å²) in [6.45, 7) is 4.33. The van der Waals surface area contributed by atoms with Gasteiger partial charge in [-0.1, -0.05) is 6.92 Å². The molecular weight excluding hydrogens is 272 g/mol. The lowest BCUT2D eigenvalue weighted by Crippen LogP contribution is -2.43. The zero-order valence-electron chi connectivity index (χ0n) is 12.6. The zero-order valence-corrected chi connectivity index (χ0v) is 12.6. The Labute approximate surface area is 124 Å². The minimum atomic E-state index is -1.03. The number of rotatable bonds is 8. The summed E-state index contributed by atoms with van der Waals surface area (Å²) in [5, 5.41) is 21.8. The van der Waals surface area contributed by atoms with Gasteiger partial charge in [0.25, 0.3) is 11.5 Å². The molecule has 0 bridgehead atoms. The van der Waals surface area contributed by atoms with Crippen molar-refractivity contribution in [2.75, 3.05) is 13.2 Å². The first kappa shape index (κ1) is 17.4. The van der Waals surface area contributed by atoms with Gasteiger partial charge in [0.05, 0.1) is 5.60 Å². The van der Waals surface area contributed by atoms with Gasteiger partial charge in [-0.3, -0.25) is 9.59 Å². The molecule has 0 aliphatic carbocycles. The van der Waals surface area contributed by atoms with Gasteiger partial charge in [0.1, 0.15) is 0 Å². The number of aliphatic hydroxyl groups excluding tert-OH is 1. The van der Waals surface area contributed by atoms with E-state index in [4.69, 9.17) is 5.11 Å². The fourth-order valence-corrected chi connectivity index (χ4v) is 2.06. The number of nitrogens with zero attached hydrogens (tertiary/aromatic N) is 1. The van der Waals surface area contributed by atoms with Gasteiger partial charge in [0, 0.05) is 37.5 Å². The molecule has 0 radical (unpaired) electrons. The molecule has 3 N–H and O–H groups in total. The first-order chi connectivity index (χ1) is 9.95. The summed E-state index contributed by atoms with van der Waals surface area (Å²) in [6.07, 6.45) is 2.95. The molecule has 0 saturated heterocycles. The van der Waals surface area contributed by atoms with Crippen molar-refractivity contribution < 1.29 is 15.0 Å². The van der Waals surface area contributed by atoms with Gasteiger partial charge in [0.2, 0.25) is 0 Å². The smallest absolute Gasteiger partial charge is 0.251 e. The molecule has 6 heteroatoms. The van der Waals surface area contributed by atoms with E-state index in [0.717, 1.165) is 0 Å². The van der Waals surface area contributed by atoms with Crippen LogP contribution in [0.15, 0.2) is 23.1 Å². The Bertz CT molecular complexity index is 527. The van der Waals surface area contributed by atoms with Crippen molar-refractivity contribution in [3.63, 3.8) is 0 Å². The molecule has 6 nitrogen and oxygen atoms in total. The van der Waals surface area contributed by atoms with Crippen molar-refractivity contribution >= 4 is 5.91 Å². The second-order valence-corrected chi connectivity index (χ2v) is 5.13. The van der Waals surface area contributed by atoms with Crippen LogP contribution in [0.3, 0.4) is 0 Å². The monoisotopic (exact) mass is 296 g/mol. The van der Waals surface area contributed by atoms with Gasteiger partial charge in [0.15, 0.2) is 0 Å². The van der Waals surface area contributed by atoms with Gasteiger partial charge < -0.3 is 20.1 Å². The highest BCUT2D eigenvalue weighted by atomic mass is 16.3. The Hall–Kier alpha value is -1.66. The van der Waals surface area contributed by atoms with Gasteiger partial charge in [-0.05, 0) is 32.3 Å². The molecule has 21 heavy (non-hydrogen) atoms. The van der Waals surface area contributed by atoms with Crippen LogP contribution >= 0.6 is 0 Å². The molecule has 0 aliphatic rings. The minimum Gasteiger partial charge on any atom is -0.396 e. The maximum atomic E-state index is 12.0. The lowest BCUT2D eigenvalue weighted by molar-refractivity contribution is 0.0212. The zero-order chi connectivity index (χ0) is 15.9. The highest BCUT2D eigenvalue weighted by Gasteiger charge is 2.25. The second-order valence-electron chi connectivity index (χ2n) is 5.13. The summed E-state index contributed by atoms with van der Waals surface area (Å²) >= 11 is 0. The third kappa shape index (κ3) is 4.99. The van der Waals surface area contributed by atoms with Crippen molar-refractivity contribution in [1.82, 2.24) is 9.88 Å². The number of aromatic nitrogens is 1. The Kier molecular flexibility index (Phi) is 6.58. The summed E-state index contributed by atoms with van der Waals surface area (Å²) in [7, 11) is 0. The first-order valence-electron chi connectivity index (χ1n) is 7.27. The summed E-state index contributed by atoms with van der Waals surface area (Å²) in [4.78, 5) is 23.7. The van der Waals surface area contributed by atoms with Crippen molar-refractivity contribution in [2.45, 2.75) is 45.3 Å². The molecule has 1 heterocycles. The standard InChI is InChI=1S/C15H24N2O4/c1-3-15(21,7-5-9-18)11-16-14(20)12-6-8-17(4-2)13(19)10-12/h6,8,10,18,21H,3-5,7,9,11H2,1-2H3,(H,16,20). The number of amides is 1. The number of pyridine rings is 1. The molecule has 0 saturated carbocycles. The number of hydrogen-bond donors (Lipinski definition) is 3. The molecule has 1 amide bonds. The fourth-order valence-electron chi connectivity index (χ4n) is 2.06. The van der Waals surface area contributed by atoms with Crippen LogP contribution in [0.4, 0.5) is 0 Å². The number of hydrogen-bond acceptors (Lipinski definition) is 4. The van der Waals surface area contributed by atoms with Crippen molar-refractivity contribution in [3.05, 3.63) is 34.2 Å². The van der Waals surface area contributed by atoms with Crippen LogP contribution in [-0.2, 0) is 6.54 Å². The highest BCUT2D eigenvalue weighted by Crippen LogP contribution is 2.16. The summed E-state index contributed by atoms with van der Waals surface area (Å²) in [5.74, 6) is -0.383. The fraction of sp³-hybridized carbons (Fsp3) is 0.600. The molecular formula is C15H24N2O4. The van der Waals surface area contributed by atoms with E-state index in [2.05, 4.69) is 5.32 Å². The van der Waals surface area contributed by atoms with Crippen LogP contribution in [0.25, 0.3) is 0 Å². The Morgan fingerprint density at radius 3 is 2.67 bits per heavy atom. The van der Waals surface area contributed by atoms with E-state index in [-0.39, 0.29) is 30.2 Å². The molecule has 1 aromatic rings. The van der Waals surface area contributed by atoms with Crippen LogP contribution in [0.2, 0.25) is 0 Å². The number of carbonyl (C=O) groups is 1. The van der Waals surface area contributed by atoms with Gasteiger partial charge in [-0.2, -0.15) is 0 Å². The first-order valence-corrected chi connectivity index (χ1v) is 7.27. The molecule has 0 spiro atoms. The minimum absolute atomic E-state index is 0.00546. The van der Waals surface area contributed by atoms with Crippen molar-refractivity contribution in [3.8, 4) is 0 Å². The normalized spacial score (nSPS) is 13.7. The molecule has 0 aromatic carbocycles. The number of aliphatic hydroxyl groups is 2. The summed E-state index contributed by atoms with van der Waals surface area (Å²) in [5.41, 5.74) is -0.974. The molecule has 1 unspecified atom stereocenters.